The number of aromatic nitrogens is 2. The van der Waals surface area contributed by atoms with Gasteiger partial charge in [0.15, 0.2) is 5.96 Å². The van der Waals surface area contributed by atoms with Crippen molar-refractivity contribution in [1.29, 1.82) is 0 Å². The first-order chi connectivity index (χ1) is 15.0. The molecule has 178 valence electrons. The molecule has 3 rings (SSSR count). The van der Waals surface area contributed by atoms with Gasteiger partial charge in [0.25, 0.3) is 0 Å². The SMILES string of the molecule is CCNC(=NCc1ccccc1CN1CCCCCC1)NCC(C)(O)c1cnn(C)c1.I. The first kappa shape index (κ1) is 26.6. The first-order valence-corrected chi connectivity index (χ1v) is 11.5. The molecule has 1 aliphatic rings. The molecule has 1 saturated heterocycles. The van der Waals surface area contributed by atoms with Crippen LogP contribution in [0.3, 0.4) is 0 Å². The van der Waals surface area contributed by atoms with Crippen LogP contribution >= 0.6 is 24.0 Å². The van der Waals surface area contributed by atoms with Crippen molar-refractivity contribution in [2.24, 2.45) is 12.0 Å². The second kappa shape index (κ2) is 13.2. The molecule has 1 atom stereocenters. The van der Waals surface area contributed by atoms with Crippen molar-refractivity contribution in [3.63, 3.8) is 0 Å². The Morgan fingerprint density at radius 3 is 2.44 bits per heavy atom. The molecule has 0 radical (unpaired) electrons. The van der Waals surface area contributed by atoms with Gasteiger partial charge in [-0.05, 0) is 50.9 Å². The molecular weight excluding hydrogens is 515 g/mol. The molecule has 3 N–H and O–H groups in total. The monoisotopic (exact) mass is 554 g/mol. The maximum absolute atomic E-state index is 10.8. The van der Waals surface area contributed by atoms with Gasteiger partial charge in [0.2, 0.25) is 0 Å². The molecule has 1 aliphatic heterocycles. The highest BCUT2D eigenvalue weighted by molar-refractivity contribution is 14.0. The van der Waals surface area contributed by atoms with Gasteiger partial charge >= 0.3 is 0 Å². The number of nitrogens with zero attached hydrogens (tertiary/aromatic N) is 4. The summed E-state index contributed by atoms with van der Waals surface area (Å²) in [5.74, 6) is 0.705. The normalized spacial score (nSPS) is 17.2. The zero-order chi connectivity index (χ0) is 22.1. The van der Waals surface area contributed by atoms with Crippen molar-refractivity contribution in [3.8, 4) is 0 Å². The zero-order valence-electron chi connectivity index (χ0n) is 19.7. The van der Waals surface area contributed by atoms with E-state index in [1.807, 2.05) is 20.2 Å². The molecule has 1 fully saturated rings. The van der Waals surface area contributed by atoms with Gasteiger partial charge in [0, 0.05) is 31.9 Å². The highest BCUT2D eigenvalue weighted by Crippen LogP contribution is 2.19. The Balaban J connectivity index is 0.00000363. The second-order valence-corrected chi connectivity index (χ2v) is 8.68. The van der Waals surface area contributed by atoms with E-state index in [4.69, 9.17) is 4.99 Å². The average Bonchev–Trinajstić information content (AvgIpc) is 3.04. The summed E-state index contributed by atoms with van der Waals surface area (Å²) in [5.41, 5.74) is 2.35. The van der Waals surface area contributed by atoms with Crippen LogP contribution in [-0.4, -0.2) is 51.9 Å². The van der Waals surface area contributed by atoms with E-state index in [-0.39, 0.29) is 24.0 Å². The molecule has 1 aromatic carbocycles. The lowest BCUT2D eigenvalue weighted by molar-refractivity contribution is 0.0616. The highest BCUT2D eigenvalue weighted by atomic mass is 127. The van der Waals surface area contributed by atoms with Crippen LogP contribution in [0.1, 0.15) is 56.2 Å². The van der Waals surface area contributed by atoms with Crippen LogP contribution in [0, 0.1) is 0 Å². The fraction of sp³-hybridized carbons (Fsp3) is 0.583. The number of halogens is 1. The summed E-state index contributed by atoms with van der Waals surface area (Å²) < 4.78 is 1.70. The number of aliphatic hydroxyl groups is 1. The number of hydrogen-bond acceptors (Lipinski definition) is 4. The Morgan fingerprint density at radius 1 is 1.12 bits per heavy atom. The minimum Gasteiger partial charge on any atom is -0.383 e. The second-order valence-electron chi connectivity index (χ2n) is 8.68. The number of aryl methyl sites for hydroxylation is 1. The average molecular weight is 555 g/mol. The summed E-state index contributed by atoms with van der Waals surface area (Å²) in [7, 11) is 1.85. The van der Waals surface area contributed by atoms with Gasteiger partial charge in [0.1, 0.15) is 5.60 Å². The fourth-order valence-electron chi connectivity index (χ4n) is 3.96. The highest BCUT2D eigenvalue weighted by Gasteiger charge is 2.25. The van der Waals surface area contributed by atoms with E-state index < -0.39 is 5.60 Å². The lowest BCUT2D eigenvalue weighted by atomic mass is 10.00. The Labute approximate surface area is 209 Å². The molecule has 0 spiro atoms. The van der Waals surface area contributed by atoms with E-state index >= 15 is 0 Å². The standard InChI is InChI=1S/C24H38N6O.HI/c1-4-25-23(27-19-24(2,31)22-16-28-29(3)18-22)26-15-20-11-7-8-12-21(20)17-30-13-9-5-6-10-14-30;/h7-8,11-12,16,18,31H,4-6,9-10,13-15,17,19H2,1-3H3,(H2,25,26,27);1H. The molecule has 1 aromatic heterocycles. The van der Waals surface area contributed by atoms with Crippen LogP contribution in [0.2, 0.25) is 0 Å². The molecule has 2 heterocycles. The molecule has 0 aliphatic carbocycles. The van der Waals surface area contributed by atoms with Crippen LogP contribution in [0.25, 0.3) is 0 Å². The Kier molecular flexibility index (Phi) is 10.9. The van der Waals surface area contributed by atoms with Crippen molar-refractivity contribution >= 4 is 29.9 Å². The van der Waals surface area contributed by atoms with Gasteiger partial charge in [-0.2, -0.15) is 5.10 Å². The fourth-order valence-corrected chi connectivity index (χ4v) is 3.96. The van der Waals surface area contributed by atoms with E-state index in [0.29, 0.717) is 19.0 Å². The molecule has 7 nitrogen and oxygen atoms in total. The van der Waals surface area contributed by atoms with Crippen molar-refractivity contribution in [2.45, 2.75) is 58.2 Å². The number of likely N-dealkylation sites (tertiary alicyclic amines) is 1. The Morgan fingerprint density at radius 2 is 1.81 bits per heavy atom. The van der Waals surface area contributed by atoms with Crippen molar-refractivity contribution in [2.75, 3.05) is 26.2 Å². The van der Waals surface area contributed by atoms with Crippen LogP contribution in [-0.2, 0) is 25.7 Å². The number of benzene rings is 1. The smallest absolute Gasteiger partial charge is 0.191 e. The molecule has 8 heteroatoms. The largest absolute Gasteiger partial charge is 0.383 e. The van der Waals surface area contributed by atoms with Gasteiger partial charge in [-0.25, -0.2) is 4.99 Å². The van der Waals surface area contributed by atoms with Gasteiger partial charge < -0.3 is 15.7 Å². The van der Waals surface area contributed by atoms with Crippen LogP contribution in [0.5, 0.6) is 0 Å². The number of hydrogen-bond donors (Lipinski definition) is 3. The predicted molar refractivity (Wildman–Crippen MR) is 141 cm³/mol. The van der Waals surface area contributed by atoms with E-state index in [2.05, 4.69) is 44.9 Å². The third kappa shape index (κ3) is 8.04. The molecule has 0 saturated carbocycles. The lowest BCUT2D eigenvalue weighted by Gasteiger charge is -2.24. The molecule has 2 aromatic rings. The van der Waals surface area contributed by atoms with Crippen molar-refractivity contribution in [3.05, 3.63) is 53.3 Å². The summed E-state index contributed by atoms with van der Waals surface area (Å²) in [5, 5.41) is 21.6. The first-order valence-electron chi connectivity index (χ1n) is 11.5. The quantitative estimate of drug-likeness (QED) is 0.265. The van der Waals surface area contributed by atoms with Crippen molar-refractivity contribution in [1.82, 2.24) is 25.3 Å². The zero-order valence-corrected chi connectivity index (χ0v) is 22.0. The minimum absolute atomic E-state index is 0. The van der Waals surface area contributed by atoms with Gasteiger partial charge in [-0.3, -0.25) is 9.58 Å². The minimum atomic E-state index is -1.03. The predicted octanol–water partition coefficient (Wildman–Crippen LogP) is 3.38. The van der Waals surface area contributed by atoms with E-state index in [1.165, 1.54) is 49.9 Å². The lowest BCUT2D eigenvalue weighted by Crippen LogP contribution is -2.44. The van der Waals surface area contributed by atoms with Gasteiger partial charge in [-0.1, -0.05) is 37.1 Å². The van der Waals surface area contributed by atoms with E-state index in [0.717, 1.165) is 18.7 Å². The summed E-state index contributed by atoms with van der Waals surface area (Å²) in [4.78, 5) is 7.38. The van der Waals surface area contributed by atoms with Crippen LogP contribution in [0.4, 0.5) is 0 Å². The van der Waals surface area contributed by atoms with Crippen LogP contribution in [0.15, 0.2) is 41.7 Å². The van der Waals surface area contributed by atoms with Crippen molar-refractivity contribution < 1.29 is 5.11 Å². The molecule has 0 bridgehead atoms. The molecular formula is C24H39IN6O. The summed E-state index contributed by atoms with van der Waals surface area (Å²) >= 11 is 0. The third-order valence-electron chi connectivity index (χ3n) is 5.89. The number of guanidine groups is 1. The maximum atomic E-state index is 10.8. The maximum Gasteiger partial charge on any atom is 0.191 e. The number of rotatable bonds is 8. The number of aliphatic imine (C=N–C) groups is 1. The summed E-state index contributed by atoms with van der Waals surface area (Å²) in [6.07, 6.45) is 8.83. The van der Waals surface area contributed by atoms with E-state index in [9.17, 15) is 5.11 Å². The topological polar surface area (TPSA) is 77.7 Å². The Hall–Kier alpha value is -1.65. The summed E-state index contributed by atoms with van der Waals surface area (Å²) in [6, 6.07) is 8.61. The molecule has 0 amide bonds. The molecule has 1 unspecified atom stereocenters. The van der Waals surface area contributed by atoms with Gasteiger partial charge in [0.05, 0.1) is 19.3 Å². The Bertz CT molecular complexity index is 843. The number of nitrogens with one attached hydrogen (secondary N) is 2. The van der Waals surface area contributed by atoms with Crippen LogP contribution < -0.4 is 10.6 Å². The molecule has 32 heavy (non-hydrogen) atoms. The summed E-state index contributed by atoms with van der Waals surface area (Å²) in [6.45, 7) is 8.91. The van der Waals surface area contributed by atoms with Gasteiger partial charge in [-0.15, -0.1) is 24.0 Å². The van der Waals surface area contributed by atoms with E-state index in [1.54, 1.807) is 17.8 Å². The third-order valence-corrected chi connectivity index (χ3v) is 5.89.